The van der Waals surface area contributed by atoms with Gasteiger partial charge in [0.25, 0.3) is 0 Å². The summed E-state index contributed by atoms with van der Waals surface area (Å²) in [5.74, 6) is 0.294. The van der Waals surface area contributed by atoms with Gasteiger partial charge in [-0.05, 0) is 29.7 Å². The van der Waals surface area contributed by atoms with Crippen molar-refractivity contribution in [3.63, 3.8) is 0 Å². The minimum absolute atomic E-state index is 0.0328. The van der Waals surface area contributed by atoms with Crippen LogP contribution in [-0.4, -0.2) is 73.6 Å². The van der Waals surface area contributed by atoms with E-state index in [0.717, 1.165) is 38.2 Å². The molecule has 2 aromatic carbocycles. The Morgan fingerprint density at radius 2 is 1.95 bits per heavy atom. The van der Waals surface area contributed by atoms with Gasteiger partial charge in [-0.2, -0.15) is 0 Å². The Hall–Kier alpha value is -2.99. The van der Waals surface area contributed by atoms with Crippen molar-refractivity contribution in [2.45, 2.75) is 26.3 Å². The molecule has 4 rings (SSSR count). The highest BCUT2D eigenvalue weighted by molar-refractivity contribution is 7.86. The third kappa shape index (κ3) is 8.26. The van der Waals surface area contributed by atoms with Gasteiger partial charge in [0.2, 0.25) is 6.41 Å². The van der Waals surface area contributed by atoms with Crippen molar-refractivity contribution < 1.29 is 22.5 Å². The SMILES string of the molecule is CCCS(=O)Nc1cccc(Cc2c(CN3CCNCC3)c3cc(Cl)c(OC)cc3oc2=O)c1F.CN(C)C=O. The average molecular weight is 595 g/mol. The zero-order valence-corrected chi connectivity index (χ0v) is 24.8. The van der Waals surface area contributed by atoms with Gasteiger partial charge >= 0.3 is 5.63 Å². The summed E-state index contributed by atoms with van der Waals surface area (Å²) in [4.78, 5) is 26.3. The van der Waals surface area contributed by atoms with Gasteiger partial charge in [0.1, 0.15) is 22.3 Å². The fourth-order valence-corrected chi connectivity index (χ4v) is 5.37. The smallest absolute Gasteiger partial charge is 0.340 e. The molecule has 3 aromatic rings. The van der Waals surface area contributed by atoms with E-state index in [4.69, 9.17) is 20.8 Å². The van der Waals surface area contributed by atoms with Crippen LogP contribution in [0.4, 0.5) is 10.1 Å². The Balaban J connectivity index is 0.000000810. The molecular formula is C28H36ClFN4O5S. The summed E-state index contributed by atoms with van der Waals surface area (Å²) in [6, 6.07) is 8.20. The molecule has 9 nitrogen and oxygen atoms in total. The molecule has 12 heteroatoms. The molecule has 1 aliphatic rings. The Bertz CT molecular complexity index is 1400. The maximum Gasteiger partial charge on any atom is 0.340 e. The van der Waals surface area contributed by atoms with E-state index in [-0.39, 0.29) is 12.1 Å². The summed E-state index contributed by atoms with van der Waals surface area (Å²) in [7, 11) is 3.49. The molecule has 2 N–H and O–H groups in total. The molecule has 1 fully saturated rings. The number of benzene rings is 2. The van der Waals surface area contributed by atoms with Gasteiger partial charge in [-0.1, -0.05) is 30.7 Å². The van der Waals surface area contributed by atoms with Crippen LogP contribution in [0, 0.1) is 5.82 Å². The number of anilines is 1. The molecule has 0 bridgehead atoms. The molecule has 1 aliphatic heterocycles. The molecule has 1 aromatic heterocycles. The number of nitrogens with zero attached hydrogens (tertiary/aromatic N) is 2. The Kier molecular flexibility index (Phi) is 11.9. The first-order chi connectivity index (χ1) is 19.2. The number of hydrogen-bond acceptors (Lipinski definition) is 7. The number of amides is 1. The maximum absolute atomic E-state index is 15.4. The fourth-order valence-electron chi connectivity index (χ4n) is 4.26. The highest BCUT2D eigenvalue weighted by Crippen LogP contribution is 2.33. The number of piperazine rings is 1. The molecular weight excluding hydrogens is 559 g/mol. The zero-order valence-electron chi connectivity index (χ0n) is 23.2. The average Bonchev–Trinajstić information content (AvgIpc) is 2.93. The molecule has 40 heavy (non-hydrogen) atoms. The lowest BCUT2D eigenvalue weighted by Crippen LogP contribution is -2.43. The van der Waals surface area contributed by atoms with Crippen LogP contribution in [-0.2, 0) is 28.7 Å². The van der Waals surface area contributed by atoms with Crippen molar-refractivity contribution in [3.8, 4) is 5.75 Å². The molecule has 0 radical (unpaired) electrons. The van der Waals surface area contributed by atoms with E-state index in [9.17, 15) is 13.8 Å². The van der Waals surface area contributed by atoms with Crippen molar-refractivity contribution in [1.29, 1.82) is 0 Å². The van der Waals surface area contributed by atoms with Gasteiger partial charge in [0, 0.05) is 76.0 Å². The van der Waals surface area contributed by atoms with Crippen molar-refractivity contribution in [2.75, 3.05) is 57.9 Å². The normalized spacial score (nSPS) is 14.2. The molecule has 0 saturated carbocycles. The predicted octanol–water partition coefficient (Wildman–Crippen LogP) is 3.78. The Morgan fingerprint density at radius 3 is 2.58 bits per heavy atom. The van der Waals surface area contributed by atoms with Crippen LogP contribution >= 0.6 is 11.6 Å². The number of ether oxygens (including phenoxy) is 1. The maximum atomic E-state index is 15.4. The number of hydrogen-bond donors (Lipinski definition) is 2. The molecule has 1 amide bonds. The number of methoxy groups -OCH3 is 1. The lowest BCUT2D eigenvalue weighted by Gasteiger charge is -2.28. The first kappa shape index (κ1) is 31.5. The van der Waals surface area contributed by atoms with Gasteiger partial charge in [-0.25, -0.2) is 13.4 Å². The summed E-state index contributed by atoms with van der Waals surface area (Å²) in [5.41, 5.74) is 1.44. The van der Waals surface area contributed by atoms with Crippen molar-refractivity contribution in [1.82, 2.24) is 15.1 Å². The van der Waals surface area contributed by atoms with Crippen molar-refractivity contribution >= 4 is 45.7 Å². The first-order valence-corrected chi connectivity index (χ1v) is 14.7. The van der Waals surface area contributed by atoms with Crippen LogP contribution in [0.3, 0.4) is 0 Å². The van der Waals surface area contributed by atoms with Crippen LogP contribution in [0.1, 0.15) is 30.0 Å². The standard InChI is InChI=1S/C25H29ClFN3O4S.C3H7NO/c1-3-11-35(32)29-21-6-4-5-16(24(21)27)12-18-19(15-30-9-7-28-8-10-30)17-13-20(26)23(33-2)14-22(17)34-25(18)31;1-4(2)3-5/h4-6,13-14,28-29H,3,7-12,15H2,1-2H3;3H,1-2H3. The molecule has 1 saturated heterocycles. The molecule has 0 spiro atoms. The highest BCUT2D eigenvalue weighted by atomic mass is 35.5. The van der Waals surface area contributed by atoms with Crippen LogP contribution in [0.15, 0.2) is 39.5 Å². The van der Waals surface area contributed by atoms with Crippen LogP contribution < -0.4 is 20.4 Å². The van der Waals surface area contributed by atoms with Gasteiger partial charge < -0.3 is 24.1 Å². The van der Waals surface area contributed by atoms with Gasteiger partial charge in [0.15, 0.2) is 5.82 Å². The predicted molar refractivity (Wildman–Crippen MR) is 158 cm³/mol. The second-order valence-corrected chi connectivity index (χ2v) is 11.2. The third-order valence-electron chi connectivity index (χ3n) is 6.25. The van der Waals surface area contributed by atoms with Crippen LogP contribution in [0.25, 0.3) is 11.0 Å². The lowest BCUT2D eigenvalue weighted by atomic mass is 9.97. The number of carbonyl (C=O) groups excluding carboxylic acids is 1. The second-order valence-electron chi connectivity index (χ2n) is 9.53. The fraction of sp³-hybridized carbons (Fsp3) is 0.429. The molecule has 1 atom stereocenters. The number of halogens is 2. The van der Waals surface area contributed by atoms with E-state index >= 15 is 4.39 Å². The van der Waals surface area contributed by atoms with E-state index in [0.29, 0.717) is 51.6 Å². The van der Waals surface area contributed by atoms with E-state index < -0.39 is 22.4 Å². The summed E-state index contributed by atoms with van der Waals surface area (Å²) >= 11 is 6.43. The van der Waals surface area contributed by atoms with E-state index in [1.165, 1.54) is 12.0 Å². The lowest BCUT2D eigenvalue weighted by molar-refractivity contribution is -0.115. The van der Waals surface area contributed by atoms with E-state index in [1.54, 1.807) is 44.4 Å². The van der Waals surface area contributed by atoms with Crippen molar-refractivity contribution in [2.24, 2.45) is 0 Å². The monoisotopic (exact) mass is 594 g/mol. The number of fused-ring (bicyclic) bond motifs is 1. The largest absolute Gasteiger partial charge is 0.495 e. The van der Waals surface area contributed by atoms with Gasteiger partial charge in [0.05, 0.1) is 17.8 Å². The van der Waals surface area contributed by atoms with Gasteiger partial charge in [-0.15, -0.1) is 0 Å². The molecule has 0 aliphatic carbocycles. The van der Waals surface area contributed by atoms with Gasteiger partial charge in [-0.3, -0.25) is 9.69 Å². The second kappa shape index (κ2) is 15.1. The van der Waals surface area contributed by atoms with Crippen LogP contribution in [0.2, 0.25) is 5.02 Å². The third-order valence-corrected chi connectivity index (χ3v) is 7.78. The van der Waals surface area contributed by atoms with E-state index in [2.05, 4.69) is 14.9 Å². The quantitative estimate of drug-likeness (QED) is 0.272. The van der Waals surface area contributed by atoms with Crippen LogP contribution in [0.5, 0.6) is 5.75 Å². The molecule has 2 heterocycles. The number of nitrogens with one attached hydrogen (secondary N) is 2. The summed E-state index contributed by atoms with van der Waals surface area (Å²) in [6.45, 7) is 5.75. The summed E-state index contributed by atoms with van der Waals surface area (Å²) in [6.07, 6.45) is 1.49. The molecule has 1 unspecified atom stereocenters. The summed E-state index contributed by atoms with van der Waals surface area (Å²) in [5, 5.41) is 4.42. The highest BCUT2D eigenvalue weighted by Gasteiger charge is 2.22. The minimum Gasteiger partial charge on any atom is -0.495 e. The Labute approximate surface area is 241 Å². The summed E-state index contributed by atoms with van der Waals surface area (Å²) < 4.78 is 41.2. The van der Waals surface area contributed by atoms with E-state index in [1.807, 2.05) is 6.92 Å². The molecule has 218 valence electrons. The Morgan fingerprint density at radius 1 is 1.25 bits per heavy atom. The number of rotatable bonds is 10. The zero-order chi connectivity index (χ0) is 29.2. The first-order valence-electron chi connectivity index (χ1n) is 13.0. The minimum atomic E-state index is -1.38. The van der Waals surface area contributed by atoms with Crippen molar-refractivity contribution in [3.05, 3.63) is 68.3 Å². The number of carbonyl (C=O) groups is 1. The topological polar surface area (TPSA) is 104 Å².